The number of aliphatic imine (C=N–C) groups is 1. The SMILES string of the molecule is CCCN=C(SCC)c1ccccc1.CCCNC(=S)c1ccccc1. The summed E-state index contributed by atoms with van der Waals surface area (Å²) >= 11 is 6.99. The molecule has 0 aliphatic carbocycles. The van der Waals surface area contributed by atoms with Gasteiger partial charge in [-0.1, -0.05) is 93.7 Å². The predicted octanol–water partition coefficient (Wildman–Crippen LogP) is 5.96. The molecule has 0 aromatic heterocycles. The van der Waals surface area contributed by atoms with Crippen LogP contribution in [0.4, 0.5) is 0 Å². The fourth-order valence-electron chi connectivity index (χ4n) is 2.08. The first kappa shape index (κ1) is 22.4. The van der Waals surface area contributed by atoms with Crippen LogP contribution in [0.2, 0.25) is 0 Å². The fourth-order valence-corrected chi connectivity index (χ4v) is 3.08. The summed E-state index contributed by atoms with van der Waals surface area (Å²) in [7, 11) is 0. The number of benzene rings is 2. The van der Waals surface area contributed by atoms with Gasteiger partial charge in [0.05, 0.1) is 5.04 Å². The zero-order chi connectivity index (χ0) is 19.0. The maximum absolute atomic E-state index is 5.17. The van der Waals surface area contributed by atoms with E-state index in [1.165, 1.54) is 10.6 Å². The lowest BCUT2D eigenvalue weighted by molar-refractivity contribution is 0.848. The Morgan fingerprint density at radius 1 is 0.885 bits per heavy atom. The van der Waals surface area contributed by atoms with E-state index in [4.69, 9.17) is 12.2 Å². The Kier molecular flexibility index (Phi) is 12.5. The van der Waals surface area contributed by atoms with Gasteiger partial charge in [-0.2, -0.15) is 0 Å². The molecule has 0 saturated heterocycles. The third kappa shape index (κ3) is 9.16. The van der Waals surface area contributed by atoms with E-state index in [2.05, 4.69) is 55.3 Å². The zero-order valence-corrected chi connectivity index (χ0v) is 17.7. The molecule has 0 unspecified atom stereocenters. The number of nitrogens with zero attached hydrogens (tertiary/aromatic N) is 1. The normalized spacial score (nSPS) is 10.7. The van der Waals surface area contributed by atoms with Crippen molar-refractivity contribution in [2.45, 2.75) is 33.6 Å². The van der Waals surface area contributed by atoms with E-state index in [-0.39, 0.29) is 0 Å². The van der Waals surface area contributed by atoms with Crippen LogP contribution in [0, 0.1) is 0 Å². The van der Waals surface area contributed by atoms with Crippen LogP contribution in [0.3, 0.4) is 0 Å². The summed E-state index contributed by atoms with van der Waals surface area (Å²) in [6, 6.07) is 20.4. The number of hydrogen-bond donors (Lipinski definition) is 1. The lowest BCUT2D eigenvalue weighted by atomic mass is 10.2. The molecule has 26 heavy (non-hydrogen) atoms. The number of nitrogens with one attached hydrogen (secondary N) is 1. The monoisotopic (exact) mass is 386 g/mol. The Morgan fingerprint density at radius 2 is 1.46 bits per heavy atom. The van der Waals surface area contributed by atoms with E-state index >= 15 is 0 Å². The predicted molar refractivity (Wildman–Crippen MR) is 123 cm³/mol. The minimum absolute atomic E-state index is 0.845. The summed E-state index contributed by atoms with van der Waals surface area (Å²) < 4.78 is 0. The van der Waals surface area contributed by atoms with Gasteiger partial charge in [0.15, 0.2) is 0 Å². The molecule has 0 amide bonds. The van der Waals surface area contributed by atoms with Crippen molar-refractivity contribution >= 4 is 34.0 Å². The van der Waals surface area contributed by atoms with Crippen LogP contribution < -0.4 is 5.32 Å². The minimum Gasteiger partial charge on any atom is -0.376 e. The smallest absolute Gasteiger partial charge is 0.106 e. The lowest BCUT2D eigenvalue weighted by Gasteiger charge is -2.05. The van der Waals surface area contributed by atoms with Crippen molar-refractivity contribution in [2.24, 2.45) is 4.99 Å². The molecule has 2 aromatic rings. The third-order valence-electron chi connectivity index (χ3n) is 3.35. The van der Waals surface area contributed by atoms with E-state index in [9.17, 15) is 0 Å². The molecule has 2 nitrogen and oxygen atoms in total. The topological polar surface area (TPSA) is 24.4 Å². The molecule has 0 spiro atoms. The molecule has 0 aliphatic rings. The first-order chi connectivity index (χ1) is 12.7. The largest absolute Gasteiger partial charge is 0.376 e. The highest BCUT2D eigenvalue weighted by Crippen LogP contribution is 2.13. The van der Waals surface area contributed by atoms with Gasteiger partial charge < -0.3 is 5.32 Å². The van der Waals surface area contributed by atoms with Crippen LogP contribution in [0.15, 0.2) is 65.7 Å². The van der Waals surface area contributed by atoms with E-state index < -0.39 is 0 Å². The van der Waals surface area contributed by atoms with E-state index in [1.807, 2.05) is 48.2 Å². The van der Waals surface area contributed by atoms with Crippen molar-refractivity contribution in [1.82, 2.24) is 5.32 Å². The Hall–Kier alpha value is -1.65. The summed E-state index contributed by atoms with van der Waals surface area (Å²) in [6.45, 7) is 8.32. The van der Waals surface area contributed by atoms with Crippen molar-refractivity contribution in [3.05, 3.63) is 71.8 Å². The van der Waals surface area contributed by atoms with Crippen LogP contribution in [0.1, 0.15) is 44.7 Å². The summed E-state index contributed by atoms with van der Waals surface area (Å²) in [6.07, 6.45) is 2.22. The third-order valence-corrected chi connectivity index (χ3v) is 4.66. The van der Waals surface area contributed by atoms with Crippen molar-refractivity contribution in [1.29, 1.82) is 0 Å². The molecule has 0 saturated carbocycles. The molecule has 4 heteroatoms. The Bertz CT molecular complexity index is 640. The number of hydrogen-bond acceptors (Lipinski definition) is 3. The Morgan fingerprint density at radius 3 is 1.96 bits per heavy atom. The van der Waals surface area contributed by atoms with Gasteiger partial charge in [0.25, 0.3) is 0 Å². The standard InChI is InChI=1S/C12H17NS.C10H13NS/c1-3-10-13-12(14-4-2)11-8-6-5-7-9-11;1-2-8-11-10(12)9-6-4-3-5-7-9/h5-9H,3-4,10H2,1-2H3;3-7H,2,8H2,1H3,(H,11,12). The van der Waals surface area contributed by atoms with Crippen LogP contribution >= 0.6 is 24.0 Å². The van der Waals surface area contributed by atoms with Crippen molar-refractivity contribution in [3.8, 4) is 0 Å². The molecule has 0 atom stereocenters. The number of thioether (sulfide) groups is 1. The molecule has 140 valence electrons. The van der Waals surface area contributed by atoms with Gasteiger partial charge in [0, 0.05) is 24.2 Å². The molecule has 0 fully saturated rings. The molecule has 2 aromatic carbocycles. The highest BCUT2D eigenvalue weighted by Gasteiger charge is 2.01. The number of thiocarbonyl (C=S) groups is 1. The zero-order valence-electron chi connectivity index (χ0n) is 16.1. The van der Waals surface area contributed by atoms with Gasteiger partial charge in [0.1, 0.15) is 4.99 Å². The highest BCUT2D eigenvalue weighted by molar-refractivity contribution is 8.14. The highest BCUT2D eigenvalue weighted by atomic mass is 32.2. The Balaban J connectivity index is 0.000000263. The first-order valence-electron chi connectivity index (χ1n) is 9.28. The molecule has 1 N–H and O–H groups in total. The van der Waals surface area contributed by atoms with Gasteiger partial charge in [-0.25, -0.2) is 0 Å². The van der Waals surface area contributed by atoms with Crippen LogP contribution in [-0.4, -0.2) is 28.9 Å². The second-order valence-electron chi connectivity index (χ2n) is 5.61. The summed E-state index contributed by atoms with van der Waals surface area (Å²) in [4.78, 5) is 5.43. The second-order valence-corrected chi connectivity index (χ2v) is 7.27. The van der Waals surface area contributed by atoms with Crippen LogP contribution in [0.5, 0.6) is 0 Å². The van der Waals surface area contributed by atoms with Gasteiger partial charge in [-0.3, -0.25) is 4.99 Å². The maximum atomic E-state index is 5.17. The summed E-state index contributed by atoms with van der Waals surface area (Å²) in [5.41, 5.74) is 2.34. The van der Waals surface area contributed by atoms with Crippen LogP contribution in [-0.2, 0) is 0 Å². The number of rotatable bonds is 7. The average molecular weight is 387 g/mol. The quantitative estimate of drug-likeness (QED) is 0.361. The molecule has 0 radical (unpaired) electrons. The average Bonchev–Trinajstić information content (AvgIpc) is 2.71. The van der Waals surface area contributed by atoms with E-state index in [0.29, 0.717) is 0 Å². The molecular formula is C22H30N2S2. The lowest BCUT2D eigenvalue weighted by Crippen LogP contribution is -2.22. The molecule has 0 bridgehead atoms. The summed E-state index contributed by atoms with van der Waals surface area (Å²) in [5, 5.41) is 4.36. The first-order valence-corrected chi connectivity index (χ1v) is 10.7. The summed E-state index contributed by atoms with van der Waals surface area (Å²) in [5.74, 6) is 1.08. The second kappa shape index (κ2) is 14.5. The van der Waals surface area contributed by atoms with Crippen molar-refractivity contribution in [3.63, 3.8) is 0 Å². The van der Waals surface area contributed by atoms with Gasteiger partial charge >= 0.3 is 0 Å². The molecule has 0 heterocycles. The van der Waals surface area contributed by atoms with Crippen LogP contribution in [0.25, 0.3) is 0 Å². The van der Waals surface area contributed by atoms with Crippen molar-refractivity contribution in [2.75, 3.05) is 18.8 Å². The fraction of sp³-hybridized carbons (Fsp3) is 0.364. The van der Waals surface area contributed by atoms with Crippen molar-refractivity contribution < 1.29 is 0 Å². The minimum atomic E-state index is 0.845. The molecule has 0 aliphatic heterocycles. The maximum Gasteiger partial charge on any atom is 0.106 e. The van der Waals surface area contributed by atoms with E-state index in [0.717, 1.165) is 42.2 Å². The van der Waals surface area contributed by atoms with Gasteiger partial charge in [-0.15, -0.1) is 11.8 Å². The van der Waals surface area contributed by atoms with Gasteiger partial charge in [-0.05, 0) is 18.6 Å². The van der Waals surface area contributed by atoms with Gasteiger partial charge in [0.2, 0.25) is 0 Å². The Labute approximate surface area is 168 Å². The molecule has 2 rings (SSSR count). The molecular weight excluding hydrogens is 356 g/mol. The van der Waals surface area contributed by atoms with E-state index in [1.54, 1.807) is 0 Å².